The molecule has 0 atom stereocenters. The number of benzene rings is 3. The fraction of sp³-hybridized carbons (Fsp3) is 0.0455. The number of carbonyl (C=O) groups is 3. The van der Waals surface area contributed by atoms with Crippen LogP contribution < -0.4 is 10.2 Å². The van der Waals surface area contributed by atoms with Crippen molar-refractivity contribution in [3.63, 3.8) is 0 Å². The molecule has 0 fully saturated rings. The van der Waals surface area contributed by atoms with Gasteiger partial charge in [-0.05, 0) is 48.9 Å². The van der Waals surface area contributed by atoms with Gasteiger partial charge in [0.25, 0.3) is 23.4 Å². The molecule has 0 aromatic heterocycles. The lowest BCUT2D eigenvalue weighted by Gasteiger charge is -2.16. The fourth-order valence-corrected chi connectivity index (χ4v) is 3.29. The Hall–Kier alpha value is -4.33. The van der Waals surface area contributed by atoms with E-state index < -0.39 is 22.6 Å². The Bertz CT molecular complexity index is 1220. The second kappa shape index (κ2) is 7.25. The number of hydrogen-bond acceptors (Lipinski definition) is 5. The number of rotatable bonds is 4. The van der Waals surface area contributed by atoms with Crippen LogP contribution >= 0.6 is 0 Å². The molecular formula is C22H15N3O5. The quantitative estimate of drug-likeness (QED) is 0.404. The lowest BCUT2D eigenvalue weighted by Crippen LogP contribution is -2.29. The maximum absolute atomic E-state index is 12.9. The largest absolute Gasteiger partial charge is 0.322 e. The zero-order valence-corrected chi connectivity index (χ0v) is 15.8. The maximum Gasteiger partial charge on any atom is 0.269 e. The molecule has 3 aromatic carbocycles. The Kier molecular flexibility index (Phi) is 4.59. The highest BCUT2D eigenvalue weighted by atomic mass is 16.6. The summed E-state index contributed by atoms with van der Waals surface area (Å²) in [6, 6.07) is 16.7. The van der Waals surface area contributed by atoms with Crippen molar-refractivity contribution in [1.82, 2.24) is 0 Å². The minimum absolute atomic E-state index is 0.121. The molecule has 4 rings (SSSR count). The number of non-ortho nitro benzene ring substituents is 1. The average molecular weight is 401 g/mol. The Labute approximate surface area is 170 Å². The van der Waals surface area contributed by atoms with Crippen molar-refractivity contribution in [3.05, 3.63) is 99.1 Å². The zero-order chi connectivity index (χ0) is 21.4. The number of nitro benzene ring substituents is 1. The van der Waals surface area contributed by atoms with E-state index >= 15 is 0 Å². The molecule has 0 bridgehead atoms. The van der Waals surface area contributed by atoms with Crippen molar-refractivity contribution >= 4 is 34.8 Å². The van der Waals surface area contributed by atoms with Crippen LogP contribution in [0.15, 0.2) is 66.7 Å². The molecule has 1 N–H and O–H groups in total. The van der Waals surface area contributed by atoms with Crippen molar-refractivity contribution < 1.29 is 19.3 Å². The molecule has 8 nitrogen and oxygen atoms in total. The van der Waals surface area contributed by atoms with Crippen LogP contribution in [-0.2, 0) is 0 Å². The molecule has 1 heterocycles. The van der Waals surface area contributed by atoms with Crippen LogP contribution in [0.1, 0.15) is 36.6 Å². The molecule has 30 heavy (non-hydrogen) atoms. The molecule has 148 valence electrons. The second-order valence-corrected chi connectivity index (χ2v) is 6.75. The van der Waals surface area contributed by atoms with Gasteiger partial charge in [-0.25, -0.2) is 4.90 Å². The standard InChI is InChI=1S/C22H15N3O5/c1-13-4-2-3-5-19(13)24-21(27)17-11-8-15(12-18(17)22(24)28)23-20(26)14-6-9-16(10-7-14)25(29)30/h2-12H,1H3,(H,23,26). The van der Waals surface area contributed by atoms with Gasteiger partial charge in [0, 0.05) is 23.4 Å². The van der Waals surface area contributed by atoms with Gasteiger partial charge in [-0.15, -0.1) is 0 Å². The van der Waals surface area contributed by atoms with E-state index in [0.717, 1.165) is 10.5 Å². The van der Waals surface area contributed by atoms with Gasteiger partial charge in [0.05, 0.1) is 21.7 Å². The van der Waals surface area contributed by atoms with Crippen molar-refractivity contribution in [2.75, 3.05) is 10.2 Å². The predicted molar refractivity (Wildman–Crippen MR) is 110 cm³/mol. The number of hydrogen-bond donors (Lipinski definition) is 1. The van der Waals surface area contributed by atoms with Crippen LogP contribution in [-0.4, -0.2) is 22.6 Å². The Morgan fingerprint density at radius 1 is 0.933 bits per heavy atom. The summed E-state index contributed by atoms with van der Waals surface area (Å²) in [5.41, 5.74) is 2.21. The van der Waals surface area contributed by atoms with E-state index in [-0.39, 0.29) is 22.4 Å². The van der Waals surface area contributed by atoms with E-state index in [0.29, 0.717) is 11.4 Å². The van der Waals surface area contributed by atoms with Gasteiger partial charge in [0.2, 0.25) is 0 Å². The molecule has 8 heteroatoms. The molecule has 1 aliphatic heterocycles. The third-order valence-corrected chi connectivity index (χ3v) is 4.84. The van der Waals surface area contributed by atoms with Crippen LogP contribution in [0.3, 0.4) is 0 Å². The van der Waals surface area contributed by atoms with Crippen LogP contribution in [0.5, 0.6) is 0 Å². The van der Waals surface area contributed by atoms with Gasteiger partial charge in [-0.2, -0.15) is 0 Å². The third-order valence-electron chi connectivity index (χ3n) is 4.84. The molecule has 3 amide bonds. The predicted octanol–water partition coefficient (Wildman–Crippen LogP) is 3.96. The second-order valence-electron chi connectivity index (χ2n) is 6.75. The number of nitrogens with zero attached hydrogens (tertiary/aromatic N) is 2. The summed E-state index contributed by atoms with van der Waals surface area (Å²) in [5, 5.41) is 13.4. The Balaban J connectivity index is 1.59. The summed E-state index contributed by atoms with van der Waals surface area (Å²) in [5.74, 6) is -1.37. The number of anilines is 2. The maximum atomic E-state index is 12.9. The molecule has 3 aromatic rings. The Morgan fingerprint density at radius 2 is 1.60 bits per heavy atom. The number of nitrogens with one attached hydrogen (secondary N) is 1. The number of carbonyl (C=O) groups excluding carboxylic acids is 3. The lowest BCUT2D eigenvalue weighted by molar-refractivity contribution is -0.384. The normalized spacial score (nSPS) is 12.6. The molecule has 1 aliphatic rings. The molecule has 0 aliphatic carbocycles. The number of imide groups is 1. The third kappa shape index (κ3) is 3.20. The first-order valence-electron chi connectivity index (χ1n) is 9.01. The first-order valence-corrected chi connectivity index (χ1v) is 9.01. The molecule has 0 radical (unpaired) electrons. The number of amides is 3. The van der Waals surface area contributed by atoms with Gasteiger partial charge < -0.3 is 5.32 Å². The van der Waals surface area contributed by atoms with E-state index in [1.807, 2.05) is 19.1 Å². The van der Waals surface area contributed by atoms with Gasteiger partial charge in [-0.3, -0.25) is 24.5 Å². The summed E-state index contributed by atoms with van der Waals surface area (Å²) in [7, 11) is 0. The van der Waals surface area contributed by atoms with Crippen LogP contribution in [0.4, 0.5) is 17.1 Å². The van der Waals surface area contributed by atoms with E-state index in [2.05, 4.69) is 5.32 Å². The summed E-state index contributed by atoms with van der Waals surface area (Å²) >= 11 is 0. The van der Waals surface area contributed by atoms with Gasteiger partial charge in [0.1, 0.15) is 0 Å². The molecular weight excluding hydrogens is 386 g/mol. The minimum atomic E-state index is -0.551. The van der Waals surface area contributed by atoms with E-state index in [4.69, 9.17) is 0 Å². The fourth-order valence-electron chi connectivity index (χ4n) is 3.29. The molecule has 0 spiro atoms. The summed E-state index contributed by atoms with van der Waals surface area (Å²) in [6.45, 7) is 1.81. The zero-order valence-electron chi connectivity index (χ0n) is 15.8. The van der Waals surface area contributed by atoms with Gasteiger partial charge >= 0.3 is 0 Å². The van der Waals surface area contributed by atoms with E-state index in [9.17, 15) is 24.5 Å². The number of para-hydroxylation sites is 1. The number of nitro groups is 1. The summed E-state index contributed by atoms with van der Waals surface area (Å²) in [6.07, 6.45) is 0. The van der Waals surface area contributed by atoms with Crippen LogP contribution in [0, 0.1) is 17.0 Å². The van der Waals surface area contributed by atoms with E-state index in [1.54, 1.807) is 12.1 Å². The van der Waals surface area contributed by atoms with Crippen LogP contribution in [0.2, 0.25) is 0 Å². The first kappa shape index (κ1) is 19.0. The molecule has 0 saturated heterocycles. The minimum Gasteiger partial charge on any atom is -0.322 e. The highest BCUT2D eigenvalue weighted by molar-refractivity contribution is 6.35. The summed E-state index contributed by atoms with van der Waals surface area (Å²) < 4.78 is 0. The van der Waals surface area contributed by atoms with Crippen molar-refractivity contribution in [2.24, 2.45) is 0 Å². The summed E-state index contributed by atoms with van der Waals surface area (Å²) in [4.78, 5) is 49.4. The van der Waals surface area contributed by atoms with Crippen molar-refractivity contribution in [2.45, 2.75) is 6.92 Å². The number of fused-ring (bicyclic) bond motifs is 1. The van der Waals surface area contributed by atoms with Crippen molar-refractivity contribution in [3.8, 4) is 0 Å². The average Bonchev–Trinajstić information content (AvgIpc) is 2.98. The Morgan fingerprint density at radius 3 is 2.27 bits per heavy atom. The molecule has 0 unspecified atom stereocenters. The lowest BCUT2D eigenvalue weighted by atomic mass is 10.1. The number of aryl methyl sites for hydroxylation is 1. The van der Waals surface area contributed by atoms with Gasteiger partial charge in [-0.1, -0.05) is 18.2 Å². The molecule has 0 saturated carbocycles. The van der Waals surface area contributed by atoms with Gasteiger partial charge in [0.15, 0.2) is 0 Å². The van der Waals surface area contributed by atoms with E-state index in [1.165, 1.54) is 42.5 Å². The highest BCUT2D eigenvalue weighted by Gasteiger charge is 2.37. The smallest absolute Gasteiger partial charge is 0.269 e. The van der Waals surface area contributed by atoms with Crippen LogP contribution in [0.25, 0.3) is 0 Å². The highest BCUT2D eigenvalue weighted by Crippen LogP contribution is 2.32. The topological polar surface area (TPSA) is 110 Å². The monoisotopic (exact) mass is 401 g/mol. The first-order chi connectivity index (χ1) is 14.4. The van der Waals surface area contributed by atoms with Crippen molar-refractivity contribution in [1.29, 1.82) is 0 Å². The SMILES string of the molecule is Cc1ccccc1N1C(=O)c2ccc(NC(=O)c3ccc([N+](=O)[O-])cc3)cc2C1=O.